The van der Waals surface area contributed by atoms with E-state index in [1.165, 1.54) is 6.08 Å². The largest absolute Gasteiger partial charge is 0.493 e. The summed E-state index contributed by atoms with van der Waals surface area (Å²) in [5, 5.41) is 3.20. The van der Waals surface area contributed by atoms with Crippen LogP contribution in [0.1, 0.15) is 24.0 Å². The molecule has 0 saturated carbocycles. The Morgan fingerprint density at radius 3 is 2.09 bits per heavy atom. The van der Waals surface area contributed by atoms with Gasteiger partial charge in [-0.2, -0.15) is 0 Å². The molecule has 0 unspecified atom stereocenters. The summed E-state index contributed by atoms with van der Waals surface area (Å²) >= 11 is 0. The fourth-order valence-electron chi connectivity index (χ4n) is 3.71. The van der Waals surface area contributed by atoms with E-state index in [1.807, 2.05) is 54.6 Å². The summed E-state index contributed by atoms with van der Waals surface area (Å²) in [6.07, 6.45) is 14.6. The molecule has 0 amide bonds. The van der Waals surface area contributed by atoms with Gasteiger partial charge in [0.05, 0.1) is 41.2 Å². The van der Waals surface area contributed by atoms with Crippen LogP contribution in [0.15, 0.2) is 60.3 Å². The standard InChI is InChI=1S/C28H31NO6/c1-31-23-14-13-21(12-11-19-17-24(32-2)27(34-4)25(18-19)33-3)26(28(23)35-5)29-16-15-22(30)20-9-7-6-8-10-20/h7,9-18,29H,6,8H2,1-5H3/b12-11-,16-15-. The van der Waals surface area contributed by atoms with Crippen molar-refractivity contribution in [3.8, 4) is 28.7 Å². The molecule has 0 atom stereocenters. The highest BCUT2D eigenvalue weighted by atomic mass is 16.5. The molecule has 0 radical (unpaired) electrons. The Morgan fingerprint density at radius 2 is 1.51 bits per heavy atom. The molecule has 0 heterocycles. The van der Waals surface area contributed by atoms with E-state index in [4.69, 9.17) is 23.7 Å². The third-order valence-corrected chi connectivity index (χ3v) is 5.46. The zero-order valence-corrected chi connectivity index (χ0v) is 20.7. The molecule has 1 aliphatic rings. The fourth-order valence-corrected chi connectivity index (χ4v) is 3.71. The van der Waals surface area contributed by atoms with Gasteiger partial charge in [-0.25, -0.2) is 0 Å². The SMILES string of the molecule is COc1cc(/C=C\c2ccc(OC)c(OC)c2N/C=C\C(=O)C2=CCCC=C2)cc(OC)c1OC. The lowest BCUT2D eigenvalue weighted by molar-refractivity contribution is -0.111. The van der Waals surface area contributed by atoms with Gasteiger partial charge in [-0.15, -0.1) is 0 Å². The summed E-state index contributed by atoms with van der Waals surface area (Å²) in [5.41, 5.74) is 3.02. The summed E-state index contributed by atoms with van der Waals surface area (Å²) < 4.78 is 27.4. The van der Waals surface area contributed by atoms with Crippen LogP contribution in [0.5, 0.6) is 28.7 Å². The van der Waals surface area contributed by atoms with Crippen LogP contribution in [0, 0.1) is 0 Å². The maximum atomic E-state index is 12.5. The number of carbonyl (C=O) groups excluding carboxylic acids is 1. The van der Waals surface area contributed by atoms with Crippen LogP contribution in [0.25, 0.3) is 12.2 Å². The van der Waals surface area contributed by atoms with Crippen molar-refractivity contribution in [3.05, 3.63) is 71.5 Å². The molecular weight excluding hydrogens is 446 g/mol. The Labute approximate surface area is 206 Å². The molecular formula is C28H31NO6. The molecule has 2 aromatic carbocycles. The molecule has 1 aliphatic carbocycles. The smallest absolute Gasteiger partial charge is 0.203 e. The summed E-state index contributed by atoms with van der Waals surface area (Å²) in [6.45, 7) is 0. The number of rotatable bonds is 11. The average Bonchev–Trinajstić information content (AvgIpc) is 2.91. The Bertz CT molecular complexity index is 1150. The van der Waals surface area contributed by atoms with Crippen LogP contribution in [0.4, 0.5) is 5.69 Å². The van der Waals surface area contributed by atoms with Gasteiger partial charge in [0.25, 0.3) is 0 Å². The van der Waals surface area contributed by atoms with Gasteiger partial charge in [0.15, 0.2) is 28.8 Å². The third-order valence-electron chi connectivity index (χ3n) is 5.46. The number of hydrogen-bond acceptors (Lipinski definition) is 7. The molecule has 0 aliphatic heterocycles. The van der Waals surface area contributed by atoms with E-state index < -0.39 is 0 Å². The summed E-state index contributed by atoms with van der Waals surface area (Å²) in [7, 11) is 7.87. The zero-order valence-electron chi connectivity index (χ0n) is 20.7. The van der Waals surface area contributed by atoms with Gasteiger partial charge < -0.3 is 29.0 Å². The predicted molar refractivity (Wildman–Crippen MR) is 139 cm³/mol. The van der Waals surface area contributed by atoms with Crippen molar-refractivity contribution in [3.63, 3.8) is 0 Å². The van der Waals surface area contributed by atoms with Gasteiger partial charge in [0.1, 0.15) is 0 Å². The van der Waals surface area contributed by atoms with Crippen LogP contribution < -0.4 is 29.0 Å². The summed E-state index contributed by atoms with van der Waals surface area (Å²) in [5.74, 6) is 2.67. The van der Waals surface area contributed by atoms with Crippen LogP contribution in [-0.2, 0) is 4.79 Å². The van der Waals surface area contributed by atoms with E-state index in [1.54, 1.807) is 41.7 Å². The van der Waals surface area contributed by atoms with Crippen molar-refractivity contribution >= 4 is 23.6 Å². The van der Waals surface area contributed by atoms with Crippen LogP contribution >= 0.6 is 0 Å². The zero-order chi connectivity index (χ0) is 25.2. The third kappa shape index (κ3) is 6.06. The minimum atomic E-state index is -0.0650. The van der Waals surface area contributed by atoms with Gasteiger partial charge in [0, 0.05) is 23.4 Å². The number of benzene rings is 2. The quantitative estimate of drug-likeness (QED) is 0.330. The van der Waals surface area contributed by atoms with Crippen molar-refractivity contribution in [2.24, 2.45) is 0 Å². The van der Waals surface area contributed by atoms with Crippen molar-refractivity contribution in [2.45, 2.75) is 12.8 Å². The number of hydrogen-bond donors (Lipinski definition) is 1. The molecule has 1 N–H and O–H groups in total. The first kappa shape index (κ1) is 25.5. The van der Waals surface area contributed by atoms with Crippen molar-refractivity contribution in [1.29, 1.82) is 0 Å². The minimum Gasteiger partial charge on any atom is -0.493 e. The Morgan fingerprint density at radius 1 is 0.829 bits per heavy atom. The highest BCUT2D eigenvalue weighted by Crippen LogP contribution is 2.40. The van der Waals surface area contributed by atoms with E-state index in [-0.39, 0.29) is 5.78 Å². The molecule has 0 bridgehead atoms. The van der Waals surface area contributed by atoms with E-state index >= 15 is 0 Å². The molecule has 2 aromatic rings. The van der Waals surface area contributed by atoms with E-state index in [0.717, 1.165) is 24.0 Å². The molecule has 184 valence electrons. The second-order valence-corrected chi connectivity index (χ2v) is 7.54. The lowest BCUT2D eigenvalue weighted by Crippen LogP contribution is -2.02. The van der Waals surface area contributed by atoms with E-state index in [0.29, 0.717) is 40.0 Å². The van der Waals surface area contributed by atoms with Crippen molar-refractivity contribution < 1.29 is 28.5 Å². The number of ketones is 1. The number of nitrogens with one attached hydrogen (secondary N) is 1. The van der Waals surface area contributed by atoms with Gasteiger partial charge in [0.2, 0.25) is 5.75 Å². The Balaban J connectivity index is 1.94. The van der Waals surface area contributed by atoms with Gasteiger partial charge in [-0.3, -0.25) is 4.79 Å². The van der Waals surface area contributed by atoms with Gasteiger partial charge >= 0.3 is 0 Å². The summed E-state index contributed by atoms with van der Waals surface area (Å²) in [4.78, 5) is 12.5. The van der Waals surface area contributed by atoms with Crippen molar-refractivity contribution in [1.82, 2.24) is 0 Å². The topological polar surface area (TPSA) is 75.2 Å². The van der Waals surface area contributed by atoms with Gasteiger partial charge in [-0.1, -0.05) is 30.4 Å². The van der Waals surface area contributed by atoms with Crippen LogP contribution in [-0.4, -0.2) is 41.3 Å². The van der Waals surface area contributed by atoms with E-state index in [2.05, 4.69) is 5.32 Å². The molecule has 7 nitrogen and oxygen atoms in total. The molecule has 0 spiro atoms. The first-order valence-corrected chi connectivity index (χ1v) is 11.1. The molecule has 0 saturated heterocycles. The van der Waals surface area contributed by atoms with Crippen LogP contribution in [0.3, 0.4) is 0 Å². The number of carbonyl (C=O) groups is 1. The number of ether oxygens (including phenoxy) is 5. The molecule has 0 aromatic heterocycles. The Hall–Kier alpha value is -4.13. The van der Waals surface area contributed by atoms with Gasteiger partial charge in [-0.05, 0) is 42.7 Å². The highest BCUT2D eigenvalue weighted by molar-refractivity contribution is 6.06. The normalized spacial score (nSPS) is 13.0. The highest BCUT2D eigenvalue weighted by Gasteiger charge is 2.15. The number of anilines is 1. The maximum Gasteiger partial charge on any atom is 0.203 e. The monoisotopic (exact) mass is 477 g/mol. The molecule has 7 heteroatoms. The lowest BCUT2D eigenvalue weighted by atomic mass is 10.0. The predicted octanol–water partition coefficient (Wildman–Crippen LogP) is 5.67. The fraction of sp³-hybridized carbons (Fsp3) is 0.250. The van der Waals surface area contributed by atoms with E-state index in [9.17, 15) is 4.79 Å². The summed E-state index contributed by atoms with van der Waals surface area (Å²) in [6, 6.07) is 7.44. The molecule has 35 heavy (non-hydrogen) atoms. The number of allylic oxidation sites excluding steroid dienone is 5. The van der Waals surface area contributed by atoms with Crippen LogP contribution in [0.2, 0.25) is 0 Å². The number of methoxy groups -OCH3 is 5. The molecule has 3 rings (SSSR count). The molecule has 0 fully saturated rings. The maximum absolute atomic E-state index is 12.5. The second kappa shape index (κ2) is 12.4. The first-order chi connectivity index (χ1) is 17.1. The minimum absolute atomic E-state index is 0.0650. The lowest BCUT2D eigenvalue weighted by Gasteiger charge is -2.15. The first-order valence-electron chi connectivity index (χ1n) is 11.1. The van der Waals surface area contributed by atoms with Crippen molar-refractivity contribution in [2.75, 3.05) is 40.9 Å². The average molecular weight is 478 g/mol. The Kier molecular flexibility index (Phi) is 9.01. The second-order valence-electron chi connectivity index (χ2n) is 7.54.